The quantitative estimate of drug-likeness (QED) is 0.198. The predicted molar refractivity (Wildman–Crippen MR) is 88.7 cm³/mol. The van der Waals surface area contributed by atoms with Gasteiger partial charge in [0.25, 0.3) is 0 Å². The van der Waals surface area contributed by atoms with Crippen LogP contribution in [-0.4, -0.2) is 21.9 Å². The van der Waals surface area contributed by atoms with Crippen molar-refractivity contribution in [1.29, 1.82) is 0 Å². The number of thioether (sulfide) groups is 1. The lowest BCUT2D eigenvalue weighted by molar-refractivity contribution is 0.319. The van der Waals surface area contributed by atoms with E-state index in [0.717, 1.165) is 5.75 Å². The summed E-state index contributed by atoms with van der Waals surface area (Å²) in [5.74, 6) is 1.16. The third-order valence-electron chi connectivity index (χ3n) is 3.34. The van der Waals surface area contributed by atoms with Crippen molar-refractivity contribution in [3.05, 3.63) is 0 Å². The zero-order valence-corrected chi connectivity index (χ0v) is 14.0. The van der Waals surface area contributed by atoms with Gasteiger partial charge in [0, 0.05) is 4.75 Å². The van der Waals surface area contributed by atoms with Crippen LogP contribution in [0.2, 0.25) is 0 Å². The van der Waals surface area contributed by atoms with Crippen molar-refractivity contribution < 1.29 is 5.21 Å². The molecule has 0 aliphatic heterocycles. The molecule has 19 heavy (non-hydrogen) atoms. The normalized spacial score (nSPS) is 12.4. The number of rotatable bonds is 13. The van der Waals surface area contributed by atoms with Crippen molar-refractivity contribution in [1.82, 2.24) is 0 Å². The summed E-state index contributed by atoms with van der Waals surface area (Å²) in [7, 11) is 0. The van der Waals surface area contributed by atoms with E-state index < -0.39 is 0 Å². The van der Waals surface area contributed by atoms with Gasteiger partial charge >= 0.3 is 0 Å². The maximum atomic E-state index is 8.54. The fourth-order valence-corrected chi connectivity index (χ4v) is 3.10. The SMILES string of the molecule is CCCCCCCCCCCCSC(C)(C)C=NO. The largest absolute Gasteiger partial charge is 0.411 e. The van der Waals surface area contributed by atoms with E-state index in [9.17, 15) is 0 Å². The summed E-state index contributed by atoms with van der Waals surface area (Å²) in [5.41, 5.74) is 0. The van der Waals surface area contributed by atoms with Gasteiger partial charge in [-0.15, -0.1) is 16.9 Å². The summed E-state index contributed by atoms with van der Waals surface area (Å²) in [6.07, 6.45) is 15.5. The van der Waals surface area contributed by atoms with Crippen LogP contribution >= 0.6 is 11.8 Å². The van der Waals surface area contributed by atoms with Crippen LogP contribution in [0.1, 0.15) is 85.0 Å². The van der Waals surface area contributed by atoms with Gasteiger partial charge in [-0.2, -0.15) is 0 Å². The summed E-state index contributed by atoms with van der Waals surface area (Å²) in [4.78, 5) is 0. The molecule has 114 valence electrons. The van der Waals surface area contributed by atoms with Gasteiger partial charge < -0.3 is 5.21 Å². The molecule has 0 spiro atoms. The lowest BCUT2D eigenvalue weighted by Crippen LogP contribution is -2.17. The second-order valence-corrected chi connectivity index (χ2v) is 7.63. The molecule has 0 amide bonds. The first kappa shape index (κ1) is 18.8. The first-order valence-corrected chi connectivity index (χ1v) is 8.93. The maximum Gasteiger partial charge on any atom is 0.0591 e. The van der Waals surface area contributed by atoms with E-state index in [1.807, 2.05) is 11.8 Å². The van der Waals surface area contributed by atoms with Crippen LogP contribution in [0.25, 0.3) is 0 Å². The molecule has 0 atom stereocenters. The van der Waals surface area contributed by atoms with Crippen molar-refractivity contribution in [2.45, 2.75) is 89.7 Å². The number of unbranched alkanes of at least 4 members (excludes halogenated alkanes) is 9. The van der Waals surface area contributed by atoms with Crippen LogP contribution in [0, 0.1) is 0 Å². The molecule has 0 aromatic carbocycles. The van der Waals surface area contributed by atoms with Crippen molar-refractivity contribution in [2.75, 3.05) is 5.75 Å². The maximum absolute atomic E-state index is 8.54. The minimum atomic E-state index is -0.0337. The summed E-state index contributed by atoms with van der Waals surface area (Å²) < 4.78 is -0.0337. The fraction of sp³-hybridized carbons (Fsp3) is 0.938. The molecular weight excluding hydrogens is 254 g/mol. The Labute approximate surface area is 124 Å². The minimum Gasteiger partial charge on any atom is -0.411 e. The van der Waals surface area contributed by atoms with Crippen LogP contribution in [0.5, 0.6) is 0 Å². The van der Waals surface area contributed by atoms with Gasteiger partial charge in [0.1, 0.15) is 0 Å². The Kier molecular flexibility index (Phi) is 12.7. The van der Waals surface area contributed by atoms with E-state index in [-0.39, 0.29) is 4.75 Å². The number of nitrogens with zero attached hydrogens (tertiary/aromatic N) is 1. The first-order valence-electron chi connectivity index (χ1n) is 7.95. The van der Waals surface area contributed by atoms with Crippen molar-refractivity contribution in [3.8, 4) is 0 Å². The highest BCUT2D eigenvalue weighted by Crippen LogP contribution is 2.23. The molecule has 0 aromatic heterocycles. The molecule has 0 radical (unpaired) electrons. The van der Waals surface area contributed by atoms with Gasteiger partial charge in [0.2, 0.25) is 0 Å². The molecule has 0 rings (SSSR count). The Bertz CT molecular complexity index is 217. The minimum absolute atomic E-state index is 0.0337. The molecule has 0 saturated heterocycles. The first-order chi connectivity index (χ1) is 9.12. The van der Waals surface area contributed by atoms with Gasteiger partial charge in [0.15, 0.2) is 0 Å². The zero-order valence-electron chi connectivity index (χ0n) is 13.2. The second-order valence-electron chi connectivity index (χ2n) is 5.88. The number of hydrogen-bond donors (Lipinski definition) is 1. The third-order valence-corrected chi connectivity index (χ3v) is 4.68. The zero-order chi connectivity index (χ0) is 14.4. The molecular formula is C16H33NOS. The van der Waals surface area contributed by atoms with Gasteiger partial charge in [-0.05, 0) is 26.0 Å². The Morgan fingerprint density at radius 1 is 0.895 bits per heavy atom. The average Bonchev–Trinajstić information content (AvgIpc) is 2.36. The molecule has 0 fully saturated rings. The van der Waals surface area contributed by atoms with E-state index in [1.165, 1.54) is 64.2 Å². The topological polar surface area (TPSA) is 32.6 Å². The van der Waals surface area contributed by atoms with Crippen LogP contribution < -0.4 is 0 Å². The van der Waals surface area contributed by atoms with Crippen LogP contribution in [0.15, 0.2) is 5.16 Å². The van der Waals surface area contributed by atoms with E-state index in [1.54, 1.807) is 6.21 Å². The molecule has 2 nitrogen and oxygen atoms in total. The molecule has 0 aliphatic rings. The Hall–Kier alpha value is -0.180. The highest BCUT2D eigenvalue weighted by molar-refractivity contribution is 8.01. The molecule has 0 bridgehead atoms. The molecule has 0 unspecified atom stereocenters. The smallest absolute Gasteiger partial charge is 0.0591 e. The Balaban J connectivity index is 3.19. The molecule has 1 N–H and O–H groups in total. The van der Waals surface area contributed by atoms with E-state index in [4.69, 9.17) is 5.21 Å². The van der Waals surface area contributed by atoms with E-state index in [2.05, 4.69) is 25.9 Å². The Morgan fingerprint density at radius 3 is 1.84 bits per heavy atom. The van der Waals surface area contributed by atoms with E-state index in [0.29, 0.717) is 0 Å². The highest BCUT2D eigenvalue weighted by atomic mass is 32.2. The lowest BCUT2D eigenvalue weighted by atomic mass is 10.1. The summed E-state index contributed by atoms with van der Waals surface area (Å²) in [6, 6.07) is 0. The molecule has 0 heterocycles. The highest BCUT2D eigenvalue weighted by Gasteiger charge is 2.14. The summed E-state index contributed by atoms with van der Waals surface area (Å²) >= 11 is 1.87. The van der Waals surface area contributed by atoms with Crippen molar-refractivity contribution in [2.24, 2.45) is 5.16 Å². The molecule has 0 saturated carbocycles. The lowest BCUT2D eigenvalue weighted by Gasteiger charge is -2.17. The van der Waals surface area contributed by atoms with Crippen LogP contribution in [-0.2, 0) is 0 Å². The molecule has 0 aliphatic carbocycles. The van der Waals surface area contributed by atoms with Gasteiger partial charge in [-0.1, -0.05) is 64.7 Å². The summed E-state index contributed by atoms with van der Waals surface area (Å²) in [6.45, 7) is 6.45. The van der Waals surface area contributed by atoms with Gasteiger partial charge in [0.05, 0.1) is 6.21 Å². The Morgan fingerprint density at radius 2 is 1.37 bits per heavy atom. The third kappa shape index (κ3) is 14.0. The summed E-state index contributed by atoms with van der Waals surface area (Å²) in [5, 5.41) is 11.7. The predicted octanol–water partition coefficient (Wildman–Crippen LogP) is 5.88. The fourth-order valence-electron chi connectivity index (χ4n) is 2.10. The van der Waals surface area contributed by atoms with Crippen LogP contribution in [0.4, 0.5) is 0 Å². The van der Waals surface area contributed by atoms with Crippen molar-refractivity contribution in [3.63, 3.8) is 0 Å². The van der Waals surface area contributed by atoms with Gasteiger partial charge in [-0.3, -0.25) is 0 Å². The van der Waals surface area contributed by atoms with Crippen molar-refractivity contribution >= 4 is 18.0 Å². The molecule has 3 heteroatoms. The standard InChI is InChI=1S/C16H33NOS/c1-4-5-6-7-8-9-10-11-12-13-14-19-16(2,3)15-17-18/h15,18H,4-14H2,1-3H3. The number of oxime groups is 1. The second kappa shape index (κ2) is 12.8. The van der Waals surface area contributed by atoms with Gasteiger partial charge in [-0.25, -0.2) is 0 Å². The van der Waals surface area contributed by atoms with Crippen LogP contribution in [0.3, 0.4) is 0 Å². The average molecular weight is 288 g/mol. The monoisotopic (exact) mass is 287 g/mol. The molecule has 0 aromatic rings. The number of hydrogen-bond acceptors (Lipinski definition) is 3. The van der Waals surface area contributed by atoms with E-state index >= 15 is 0 Å².